The molecule has 1 amide bonds. The number of nitrogens with one attached hydrogen (secondary N) is 2. The van der Waals surface area contributed by atoms with Gasteiger partial charge in [0.25, 0.3) is 0 Å². The fourth-order valence-corrected chi connectivity index (χ4v) is 2.67. The molecular formula is C14H19N3O2. The van der Waals surface area contributed by atoms with Crippen LogP contribution in [-0.2, 0) is 16.0 Å². The maximum atomic E-state index is 11.3. The molecule has 4 N–H and O–H groups in total. The number of ether oxygens (including phenoxy) is 1. The number of carbonyl (C=O) groups excluding carboxylic acids is 1. The summed E-state index contributed by atoms with van der Waals surface area (Å²) >= 11 is 0. The first kappa shape index (κ1) is 12.3. The number of nitrogen functional groups attached to an aromatic ring is 1. The van der Waals surface area contributed by atoms with Crippen LogP contribution in [0.3, 0.4) is 0 Å². The Kier molecular flexibility index (Phi) is 3.29. The molecule has 1 fully saturated rings. The minimum Gasteiger partial charge on any atom is -0.397 e. The molecule has 5 nitrogen and oxygen atoms in total. The zero-order chi connectivity index (χ0) is 13.2. The molecule has 0 radical (unpaired) electrons. The molecule has 1 aromatic carbocycles. The summed E-state index contributed by atoms with van der Waals surface area (Å²) in [6.07, 6.45) is 2.67. The van der Waals surface area contributed by atoms with Crippen LogP contribution in [0.1, 0.15) is 18.4 Å². The fraction of sp³-hybridized carbons (Fsp3) is 0.500. The van der Waals surface area contributed by atoms with E-state index in [0.717, 1.165) is 49.5 Å². The van der Waals surface area contributed by atoms with Crippen molar-refractivity contribution in [1.82, 2.24) is 0 Å². The van der Waals surface area contributed by atoms with Crippen LogP contribution in [0, 0.1) is 5.92 Å². The molecule has 0 aliphatic carbocycles. The second-order valence-corrected chi connectivity index (χ2v) is 5.27. The summed E-state index contributed by atoms with van der Waals surface area (Å²) in [5.41, 5.74) is 9.48. The van der Waals surface area contributed by atoms with Crippen molar-refractivity contribution in [1.29, 1.82) is 0 Å². The van der Waals surface area contributed by atoms with Crippen molar-refractivity contribution in [2.24, 2.45) is 5.92 Å². The van der Waals surface area contributed by atoms with Crippen LogP contribution in [0.2, 0.25) is 0 Å². The molecule has 2 aliphatic heterocycles. The molecule has 2 aliphatic rings. The zero-order valence-electron chi connectivity index (χ0n) is 10.9. The first-order valence-electron chi connectivity index (χ1n) is 6.76. The van der Waals surface area contributed by atoms with E-state index < -0.39 is 0 Å². The SMILES string of the molecule is Nc1cc2c(cc1NCCC1CCOC1)NC(=O)C2. The van der Waals surface area contributed by atoms with Crippen LogP contribution in [-0.4, -0.2) is 25.7 Å². The van der Waals surface area contributed by atoms with Gasteiger partial charge in [-0.25, -0.2) is 0 Å². The van der Waals surface area contributed by atoms with Gasteiger partial charge in [-0.05, 0) is 36.5 Å². The number of amides is 1. The summed E-state index contributed by atoms with van der Waals surface area (Å²) in [6, 6.07) is 3.81. The lowest BCUT2D eigenvalue weighted by molar-refractivity contribution is -0.115. The van der Waals surface area contributed by atoms with Crippen molar-refractivity contribution in [3.63, 3.8) is 0 Å². The lowest BCUT2D eigenvalue weighted by Crippen LogP contribution is -2.10. The van der Waals surface area contributed by atoms with Gasteiger partial charge in [-0.1, -0.05) is 0 Å². The van der Waals surface area contributed by atoms with E-state index in [2.05, 4.69) is 10.6 Å². The maximum Gasteiger partial charge on any atom is 0.228 e. The number of benzene rings is 1. The quantitative estimate of drug-likeness (QED) is 0.720. The van der Waals surface area contributed by atoms with E-state index in [4.69, 9.17) is 10.5 Å². The summed E-state index contributed by atoms with van der Waals surface area (Å²) in [5.74, 6) is 0.692. The predicted octanol–water partition coefficient (Wildman–Crippen LogP) is 1.60. The normalized spacial score (nSPS) is 21.3. The third kappa shape index (κ3) is 2.66. The Hall–Kier alpha value is -1.75. The van der Waals surface area contributed by atoms with Crippen molar-refractivity contribution in [2.45, 2.75) is 19.3 Å². The van der Waals surface area contributed by atoms with Crippen LogP contribution in [0.5, 0.6) is 0 Å². The molecule has 1 atom stereocenters. The Balaban J connectivity index is 1.61. The fourth-order valence-electron chi connectivity index (χ4n) is 2.67. The highest BCUT2D eigenvalue weighted by molar-refractivity contribution is 6.00. The number of hydrogen-bond donors (Lipinski definition) is 3. The van der Waals surface area contributed by atoms with Gasteiger partial charge in [-0.3, -0.25) is 4.79 Å². The number of hydrogen-bond acceptors (Lipinski definition) is 4. The minimum atomic E-state index is 0.0367. The second-order valence-electron chi connectivity index (χ2n) is 5.27. The van der Waals surface area contributed by atoms with Crippen LogP contribution in [0.15, 0.2) is 12.1 Å². The number of nitrogens with two attached hydrogens (primary N) is 1. The maximum absolute atomic E-state index is 11.3. The Labute approximate surface area is 112 Å². The molecule has 102 valence electrons. The van der Waals surface area contributed by atoms with Crippen molar-refractivity contribution >= 4 is 23.0 Å². The molecule has 19 heavy (non-hydrogen) atoms. The lowest BCUT2D eigenvalue weighted by Gasteiger charge is -2.13. The van der Waals surface area contributed by atoms with Gasteiger partial charge < -0.3 is 21.1 Å². The monoisotopic (exact) mass is 261 g/mol. The molecule has 0 bridgehead atoms. The van der Waals surface area contributed by atoms with Gasteiger partial charge in [0.1, 0.15) is 0 Å². The smallest absolute Gasteiger partial charge is 0.228 e. The van der Waals surface area contributed by atoms with Gasteiger partial charge >= 0.3 is 0 Å². The molecule has 1 saturated heterocycles. The minimum absolute atomic E-state index is 0.0367. The number of anilines is 3. The number of rotatable bonds is 4. The van der Waals surface area contributed by atoms with Gasteiger partial charge in [0.05, 0.1) is 17.8 Å². The van der Waals surface area contributed by atoms with Crippen LogP contribution in [0.25, 0.3) is 0 Å². The Morgan fingerprint density at radius 3 is 3.16 bits per heavy atom. The standard InChI is InChI=1S/C14H19N3O2/c15-11-5-10-6-14(18)17-12(10)7-13(11)16-3-1-9-2-4-19-8-9/h5,7,9,16H,1-4,6,8,15H2,(H,17,18). The van der Waals surface area contributed by atoms with E-state index in [1.807, 2.05) is 12.1 Å². The molecule has 0 saturated carbocycles. The van der Waals surface area contributed by atoms with Crippen molar-refractivity contribution < 1.29 is 9.53 Å². The van der Waals surface area contributed by atoms with Crippen molar-refractivity contribution in [2.75, 3.05) is 36.1 Å². The molecule has 1 aromatic rings. The molecule has 0 spiro atoms. The van der Waals surface area contributed by atoms with E-state index in [0.29, 0.717) is 18.0 Å². The Morgan fingerprint density at radius 1 is 1.47 bits per heavy atom. The van der Waals surface area contributed by atoms with E-state index in [1.54, 1.807) is 0 Å². The van der Waals surface area contributed by atoms with E-state index in [1.165, 1.54) is 0 Å². The largest absolute Gasteiger partial charge is 0.397 e. The molecule has 5 heteroatoms. The number of carbonyl (C=O) groups is 1. The summed E-state index contributed by atoms with van der Waals surface area (Å²) in [6.45, 7) is 2.64. The van der Waals surface area contributed by atoms with Gasteiger partial charge in [-0.2, -0.15) is 0 Å². The average Bonchev–Trinajstić information content (AvgIpc) is 2.98. The van der Waals surface area contributed by atoms with Crippen LogP contribution in [0.4, 0.5) is 17.1 Å². The highest BCUT2D eigenvalue weighted by Gasteiger charge is 2.19. The molecule has 0 aromatic heterocycles. The van der Waals surface area contributed by atoms with E-state index in [9.17, 15) is 4.79 Å². The highest BCUT2D eigenvalue weighted by Crippen LogP contribution is 2.31. The third-order valence-corrected chi connectivity index (χ3v) is 3.79. The Bertz CT molecular complexity index is 496. The predicted molar refractivity (Wildman–Crippen MR) is 75.2 cm³/mol. The first-order chi connectivity index (χ1) is 9.22. The van der Waals surface area contributed by atoms with E-state index in [-0.39, 0.29) is 5.91 Å². The van der Waals surface area contributed by atoms with E-state index >= 15 is 0 Å². The van der Waals surface area contributed by atoms with Gasteiger partial charge in [0, 0.05) is 25.4 Å². The zero-order valence-corrected chi connectivity index (χ0v) is 10.9. The summed E-state index contributed by atoms with van der Waals surface area (Å²) in [5, 5.41) is 6.19. The topological polar surface area (TPSA) is 76.4 Å². The summed E-state index contributed by atoms with van der Waals surface area (Å²) in [4.78, 5) is 11.3. The lowest BCUT2D eigenvalue weighted by atomic mass is 10.1. The van der Waals surface area contributed by atoms with Crippen LogP contribution >= 0.6 is 0 Å². The number of fused-ring (bicyclic) bond motifs is 1. The Morgan fingerprint density at radius 2 is 2.37 bits per heavy atom. The molecule has 1 unspecified atom stereocenters. The van der Waals surface area contributed by atoms with Crippen molar-refractivity contribution in [3.8, 4) is 0 Å². The van der Waals surface area contributed by atoms with Gasteiger partial charge in [0.15, 0.2) is 0 Å². The average molecular weight is 261 g/mol. The van der Waals surface area contributed by atoms with Gasteiger partial charge in [0.2, 0.25) is 5.91 Å². The molecule has 3 rings (SSSR count). The summed E-state index contributed by atoms with van der Waals surface area (Å²) < 4.78 is 5.36. The van der Waals surface area contributed by atoms with Crippen LogP contribution < -0.4 is 16.4 Å². The second kappa shape index (κ2) is 5.09. The van der Waals surface area contributed by atoms with Gasteiger partial charge in [-0.15, -0.1) is 0 Å². The first-order valence-corrected chi connectivity index (χ1v) is 6.76. The molecule has 2 heterocycles. The highest BCUT2D eigenvalue weighted by atomic mass is 16.5. The third-order valence-electron chi connectivity index (χ3n) is 3.79. The molecular weight excluding hydrogens is 242 g/mol. The van der Waals surface area contributed by atoms with Crippen molar-refractivity contribution in [3.05, 3.63) is 17.7 Å². The summed E-state index contributed by atoms with van der Waals surface area (Å²) in [7, 11) is 0.